The normalized spacial score (nSPS) is 12.3. The van der Waals surface area contributed by atoms with Crippen molar-refractivity contribution in [3.63, 3.8) is 0 Å². The third-order valence-corrected chi connectivity index (χ3v) is 3.18. The lowest BCUT2D eigenvalue weighted by molar-refractivity contribution is 0.0447. The van der Waals surface area contributed by atoms with Gasteiger partial charge < -0.3 is 4.74 Å². The summed E-state index contributed by atoms with van der Waals surface area (Å²) in [5.74, 6) is 0.176. The molecule has 18 heavy (non-hydrogen) atoms. The van der Waals surface area contributed by atoms with E-state index in [2.05, 4.69) is 13.8 Å². The number of esters is 1. The van der Waals surface area contributed by atoms with Gasteiger partial charge in [0.05, 0.1) is 12.2 Å². The maximum Gasteiger partial charge on any atom is 0.338 e. The molecule has 0 bridgehead atoms. The van der Waals surface area contributed by atoms with E-state index in [-0.39, 0.29) is 5.97 Å². The van der Waals surface area contributed by atoms with Crippen LogP contribution in [0.3, 0.4) is 0 Å². The lowest BCUT2D eigenvalue weighted by Crippen LogP contribution is -2.11. The summed E-state index contributed by atoms with van der Waals surface area (Å²) in [6.45, 7) is 4.66. The fraction of sp³-hybridized carbons (Fsp3) is 0.312. The summed E-state index contributed by atoms with van der Waals surface area (Å²) in [5.41, 5.74) is 0.622. The van der Waals surface area contributed by atoms with Crippen LogP contribution in [-0.4, -0.2) is 12.6 Å². The third-order valence-electron chi connectivity index (χ3n) is 3.18. The van der Waals surface area contributed by atoms with Gasteiger partial charge in [0.2, 0.25) is 0 Å². The molecule has 0 aromatic heterocycles. The first-order valence-corrected chi connectivity index (χ1v) is 6.36. The summed E-state index contributed by atoms with van der Waals surface area (Å²) in [7, 11) is 0. The molecule has 0 radical (unpaired) electrons. The largest absolute Gasteiger partial charge is 0.462 e. The van der Waals surface area contributed by atoms with Crippen LogP contribution in [0.4, 0.5) is 0 Å². The molecule has 0 N–H and O–H groups in total. The minimum atomic E-state index is -0.235. The van der Waals surface area contributed by atoms with E-state index in [1.165, 1.54) is 0 Å². The molecule has 0 amide bonds. The highest BCUT2D eigenvalue weighted by Crippen LogP contribution is 2.16. The average molecular weight is 242 g/mol. The van der Waals surface area contributed by atoms with Gasteiger partial charge in [0.25, 0.3) is 0 Å². The lowest BCUT2D eigenvalue weighted by atomic mass is 10.1. The topological polar surface area (TPSA) is 26.3 Å². The smallest absolute Gasteiger partial charge is 0.338 e. The van der Waals surface area contributed by atoms with Gasteiger partial charge in [-0.1, -0.05) is 50.6 Å². The van der Waals surface area contributed by atoms with E-state index >= 15 is 0 Å². The van der Waals surface area contributed by atoms with Gasteiger partial charge in [-0.3, -0.25) is 0 Å². The first kappa shape index (κ1) is 12.6. The van der Waals surface area contributed by atoms with Crippen molar-refractivity contribution in [1.82, 2.24) is 0 Å². The molecule has 0 aliphatic heterocycles. The van der Waals surface area contributed by atoms with Crippen LogP contribution in [0.2, 0.25) is 0 Å². The first-order valence-electron chi connectivity index (χ1n) is 6.36. The van der Waals surface area contributed by atoms with Crippen LogP contribution in [0.15, 0.2) is 42.5 Å². The number of benzene rings is 2. The molecule has 2 aromatic carbocycles. The van der Waals surface area contributed by atoms with Gasteiger partial charge in [-0.2, -0.15) is 0 Å². The fourth-order valence-corrected chi connectivity index (χ4v) is 1.74. The summed E-state index contributed by atoms with van der Waals surface area (Å²) in [4.78, 5) is 11.9. The summed E-state index contributed by atoms with van der Waals surface area (Å²) in [6, 6.07) is 13.6. The summed E-state index contributed by atoms with van der Waals surface area (Å²) >= 11 is 0. The van der Waals surface area contributed by atoms with Crippen LogP contribution in [0.1, 0.15) is 30.6 Å². The van der Waals surface area contributed by atoms with Crippen molar-refractivity contribution < 1.29 is 9.53 Å². The Morgan fingerprint density at radius 2 is 1.89 bits per heavy atom. The maximum atomic E-state index is 11.9. The highest BCUT2D eigenvalue weighted by molar-refractivity contribution is 5.95. The Kier molecular flexibility index (Phi) is 3.98. The Morgan fingerprint density at radius 3 is 2.61 bits per heavy atom. The van der Waals surface area contributed by atoms with Crippen molar-refractivity contribution in [2.75, 3.05) is 6.61 Å². The molecule has 0 saturated carbocycles. The van der Waals surface area contributed by atoms with Gasteiger partial charge in [0.1, 0.15) is 0 Å². The Bertz CT molecular complexity index is 546. The van der Waals surface area contributed by atoms with Crippen molar-refractivity contribution in [1.29, 1.82) is 0 Å². The Balaban J connectivity index is 2.13. The molecule has 0 aliphatic rings. The van der Waals surface area contributed by atoms with E-state index in [1.54, 1.807) is 0 Å². The van der Waals surface area contributed by atoms with Crippen LogP contribution in [0.25, 0.3) is 10.8 Å². The number of rotatable bonds is 4. The molecule has 0 spiro atoms. The van der Waals surface area contributed by atoms with E-state index in [4.69, 9.17) is 4.74 Å². The van der Waals surface area contributed by atoms with Crippen molar-refractivity contribution in [2.24, 2.45) is 5.92 Å². The molecular formula is C16H18O2. The molecule has 0 saturated heterocycles. The second kappa shape index (κ2) is 5.67. The van der Waals surface area contributed by atoms with E-state index < -0.39 is 0 Å². The minimum Gasteiger partial charge on any atom is -0.462 e. The van der Waals surface area contributed by atoms with Gasteiger partial charge in [-0.15, -0.1) is 0 Å². The molecule has 2 rings (SSSR count). The Morgan fingerprint density at radius 1 is 1.17 bits per heavy atom. The summed E-state index contributed by atoms with van der Waals surface area (Å²) < 4.78 is 5.29. The zero-order valence-corrected chi connectivity index (χ0v) is 10.8. The van der Waals surface area contributed by atoms with Crippen molar-refractivity contribution in [2.45, 2.75) is 20.3 Å². The quantitative estimate of drug-likeness (QED) is 0.756. The van der Waals surface area contributed by atoms with E-state index in [9.17, 15) is 4.79 Å². The van der Waals surface area contributed by atoms with Gasteiger partial charge in [0.15, 0.2) is 0 Å². The lowest BCUT2D eigenvalue weighted by Gasteiger charge is -2.09. The molecule has 94 valence electrons. The fourth-order valence-electron chi connectivity index (χ4n) is 1.74. The molecule has 0 unspecified atom stereocenters. The number of fused-ring (bicyclic) bond motifs is 1. The van der Waals surface area contributed by atoms with Crippen LogP contribution >= 0.6 is 0 Å². The molecule has 2 aromatic rings. The summed E-state index contributed by atoms with van der Waals surface area (Å²) in [6.07, 6.45) is 1.02. The standard InChI is InChI=1S/C16H18O2/c1-3-12(2)11-18-16(17)15-9-8-13-6-4-5-7-14(13)10-15/h4-10,12H,3,11H2,1-2H3/t12-/m1/s1. The van der Waals surface area contributed by atoms with Crippen molar-refractivity contribution >= 4 is 16.7 Å². The third kappa shape index (κ3) is 2.89. The molecule has 0 fully saturated rings. The number of carbonyl (C=O) groups is 1. The van der Waals surface area contributed by atoms with Crippen molar-refractivity contribution in [3.05, 3.63) is 48.0 Å². The Hall–Kier alpha value is -1.83. The van der Waals surface area contributed by atoms with Gasteiger partial charge in [-0.25, -0.2) is 4.79 Å². The predicted molar refractivity (Wildman–Crippen MR) is 73.7 cm³/mol. The zero-order chi connectivity index (χ0) is 13.0. The van der Waals surface area contributed by atoms with Gasteiger partial charge in [-0.05, 0) is 28.8 Å². The molecule has 2 nitrogen and oxygen atoms in total. The second-order valence-corrected chi connectivity index (χ2v) is 4.67. The highest BCUT2D eigenvalue weighted by atomic mass is 16.5. The highest BCUT2D eigenvalue weighted by Gasteiger charge is 2.09. The van der Waals surface area contributed by atoms with E-state index in [0.29, 0.717) is 18.1 Å². The van der Waals surface area contributed by atoms with Crippen LogP contribution < -0.4 is 0 Å². The predicted octanol–water partition coefficient (Wildman–Crippen LogP) is 4.04. The summed E-state index contributed by atoms with van der Waals surface area (Å²) in [5, 5.41) is 2.20. The number of carbonyl (C=O) groups excluding carboxylic acids is 1. The molecule has 0 aliphatic carbocycles. The first-order chi connectivity index (χ1) is 8.70. The molecule has 2 heteroatoms. The monoisotopic (exact) mass is 242 g/mol. The molecule has 0 heterocycles. The Labute approximate surface area is 108 Å². The van der Waals surface area contributed by atoms with Crippen LogP contribution in [0, 0.1) is 5.92 Å². The van der Waals surface area contributed by atoms with E-state index in [1.807, 2.05) is 42.5 Å². The van der Waals surface area contributed by atoms with Crippen LogP contribution in [0.5, 0.6) is 0 Å². The molecular weight excluding hydrogens is 224 g/mol. The van der Waals surface area contributed by atoms with E-state index in [0.717, 1.165) is 17.2 Å². The molecule has 1 atom stereocenters. The zero-order valence-electron chi connectivity index (χ0n) is 10.8. The maximum absolute atomic E-state index is 11.9. The van der Waals surface area contributed by atoms with Crippen molar-refractivity contribution in [3.8, 4) is 0 Å². The number of hydrogen-bond acceptors (Lipinski definition) is 2. The van der Waals surface area contributed by atoms with Gasteiger partial charge in [0, 0.05) is 0 Å². The second-order valence-electron chi connectivity index (χ2n) is 4.67. The number of ether oxygens (including phenoxy) is 1. The SMILES string of the molecule is CC[C@@H](C)COC(=O)c1ccc2ccccc2c1. The average Bonchev–Trinajstić information content (AvgIpc) is 2.43. The number of hydrogen-bond donors (Lipinski definition) is 0. The van der Waals surface area contributed by atoms with Crippen LogP contribution in [-0.2, 0) is 4.74 Å². The van der Waals surface area contributed by atoms with Gasteiger partial charge >= 0.3 is 5.97 Å². The minimum absolute atomic E-state index is 0.235.